The number of hydrogen-bond acceptors (Lipinski definition) is 3. The molecule has 0 radical (unpaired) electrons. The number of hydrogen-bond donors (Lipinski definition) is 1. The summed E-state index contributed by atoms with van der Waals surface area (Å²) in [6.07, 6.45) is 8.90. The van der Waals surface area contributed by atoms with Crippen LogP contribution in [0.4, 0.5) is 0 Å². The van der Waals surface area contributed by atoms with Crippen molar-refractivity contribution in [2.75, 3.05) is 0 Å². The third-order valence-electron chi connectivity index (χ3n) is 3.34. The van der Waals surface area contributed by atoms with Crippen LogP contribution in [0, 0.1) is 6.92 Å². The first kappa shape index (κ1) is 12.4. The number of aryl methyl sites for hydroxylation is 2. The molecule has 100 valence electrons. The van der Waals surface area contributed by atoms with Crippen LogP contribution in [0.2, 0.25) is 0 Å². The highest BCUT2D eigenvalue weighted by Crippen LogP contribution is 2.26. The van der Waals surface area contributed by atoms with Gasteiger partial charge in [-0.3, -0.25) is 9.97 Å². The molecule has 2 N–H and O–H groups in total. The van der Waals surface area contributed by atoms with E-state index in [9.17, 15) is 0 Å². The Morgan fingerprint density at radius 1 is 1.30 bits per heavy atom. The van der Waals surface area contributed by atoms with Crippen LogP contribution in [-0.2, 0) is 7.05 Å². The van der Waals surface area contributed by atoms with Crippen LogP contribution in [0.15, 0.2) is 43.0 Å². The predicted molar refractivity (Wildman–Crippen MR) is 81.7 cm³/mol. The van der Waals surface area contributed by atoms with Crippen LogP contribution in [0.1, 0.15) is 16.8 Å². The second kappa shape index (κ2) is 4.81. The fourth-order valence-electron chi connectivity index (χ4n) is 2.36. The Hall–Kier alpha value is -2.62. The molecule has 1 aromatic carbocycles. The van der Waals surface area contributed by atoms with E-state index in [1.807, 2.05) is 19.3 Å². The van der Waals surface area contributed by atoms with Crippen LogP contribution < -0.4 is 5.73 Å². The van der Waals surface area contributed by atoms with Crippen molar-refractivity contribution in [1.82, 2.24) is 14.5 Å². The first-order valence-corrected chi connectivity index (χ1v) is 6.44. The van der Waals surface area contributed by atoms with E-state index in [2.05, 4.69) is 39.7 Å². The molecule has 0 saturated heterocycles. The molecule has 0 unspecified atom stereocenters. The van der Waals surface area contributed by atoms with E-state index in [4.69, 9.17) is 5.73 Å². The fourth-order valence-corrected chi connectivity index (χ4v) is 2.36. The van der Waals surface area contributed by atoms with Gasteiger partial charge in [0.2, 0.25) is 0 Å². The van der Waals surface area contributed by atoms with E-state index in [0.29, 0.717) is 5.70 Å². The lowest BCUT2D eigenvalue weighted by molar-refractivity contribution is 0.967. The van der Waals surface area contributed by atoms with Gasteiger partial charge in [-0.15, -0.1) is 0 Å². The minimum atomic E-state index is 0.696. The summed E-state index contributed by atoms with van der Waals surface area (Å²) in [6, 6.07) is 6.38. The minimum absolute atomic E-state index is 0.696. The normalized spacial score (nSPS) is 12.0. The summed E-state index contributed by atoms with van der Waals surface area (Å²) in [6.45, 7) is 2.08. The van der Waals surface area contributed by atoms with Gasteiger partial charge in [0.1, 0.15) is 0 Å². The molecular weight excluding hydrogens is 248 g/mol. The van der Waals surface area contributed by atoms with Crippen molar-refractivity contribution in [3.05, 3.63) is 59.8 Å². The second-order valence-electron chi connectivity index (χ2n) is 4.90. The third-order valence-corrected chi connectivity index (χ3v) is 3.34. The van der Waals surface area contributed by atoms with Gasteiger partial charge in [0.05, 0.1) is 11.9 Å². The summed E-state index contributed by atoms with van der Waals surface area (Å²) < 4.78 is 2.08. The molecule has 0 atom stereocenters. The highest BCUT2D eigenvalue weighted by Gasteiger charge is 2.09. The molecule has 20 heavy (non-hydrogen) atoms. The maximum absolute atomic E-state index is 6.24. The largest absolute Gasteiger partial charge is 0.398 e. The molecule has 2 aromatic heterocycles. The highest BCUT2D eigenvalue weighted by atomic mass is 14.9. The smallest absolute Gasteiger partial charge is 0.0833 e. The van der Waals surface area contributed by atoms with Crippen molar-refractivity contribution < 1.29 is 0 Å². The van der Waals surface area contributed by atoms with Gasteiger partial charge in [0.15, 0.2) is 0 Å². The Bertz CT molecular complexity index is 785. The van der Waals surface area contributed by atoms with Crippen molar-refractivity contribution in [2.24, 2.45) is 12.8 Å². The molecule has 0 amide bonds. The van der Waals surface area contributed by atoms with Gasteiger partial charge in [-0.2, -0.15) is 0 Å². The van der Waals surface area contributed by atoms with Gasteiger partial charge in [0, 0.05) is 47.8 Å². The van der Waals surface area contributed by atoms with Gasteiger partial charge >= 0.3 is 0 Å². The number of rotatable bonds is 2. The molecule has 0 aliphatic rings. The van der Waals surface area contributed by atoms with Crippen LogP contribution in [0.5, 0.6) is 0 Å². The van der Waals surface area contributed by atoms with Crippen molar-refractivity contribution in [1.29, 1.82) is 0 Å². The Morgan fingerprint density at radius 2 is 2.15 bits per heavy atom. The monoisotopic (exact) mass is 264 g/mol. The Kier molecular flexibility index (Phi) is 2.99. The minimum Gasteiger partial charge on any atom is -0.398 e. The zero-order valence-electron chi connectivity index (χ0n) is 11.5. The molecule has 0 saturated carbocycles. The summed E-state index contributed by atoms with van der Waals surface area (Å²) in [4.78, 5) is 8.27. The molecule has 0 bridgehead atoms. The number of nitrogens with zero attached hydrogens (tertiary/aromatic N) is 3. The van der Waals surface area contributed by atoms with E-state index in [-0.39, 0.29) is 0 Å². The molecular formula is C16H16N4. The highest BCUT2D eigenvalue weighted by molar-refractivity contribution is 5.96. The van der Waals surface area contributed by atoms with Crippen LogP contribution in [0.25, 0.3) is 22.7 Å². The average molecular weight is 264 g/mol. The second-order valence-corrected chi connectivity index (χ2v) is 4.90. The van der Waals surface area contributed by atoms with Crippen molar-refractivity contribution >= 4 is 22.7 Å². The fraction of sp³-hybridized carbons (Fsp3) is 0.125. The number of nitrogens with two attached hydrogens (primary N) is 1. The molecule has 3 rings (SSSR count). The first-order valence-electron chi connectivity index (χ1n) is 6.44. The van der Waals surface area contributed by atoms with Crippen molar-refractivity contribution in [3.63, 3.8) is 0 Å². The van der Waals surface area contributed by atoms with Gasteiger partial charge < -0.3 is 10.3 Å². The van der Waals surface area contributed by atoms with Gasteiger partial charge in [-0.1, -0.05) is 11.6 Å². The molecule has 3 aromatic rings. The topological polar surface area (TPSA) is 56.7 Å². The predicted octanol–water partition coefficient (Wildman–Crippen LogP) is 2.73. The van der Waals surface area contributed by atoms with E-state index < -0.39 is 0 Å². The molecule has 4 nitrogen and oxygen atoms in total. The van der Waals surface area contributed by atoms with Gasteiger partial charge in [-0.25, -0.2) is 0 Å². The maximum atomic E-state index is 6.24. The van der Waals surface area contributed by atoms with Crippen molar-refractivity contribution in [2.45, 2.75) is 6.92 Å². The molecule has 2 heterocycles. The van der Waals surface area contributed by atoms with Gasteiger partial charge in [0.25, 0.3) is 0 Å². The lowest BCUT2D eigenvalue weighted by Crippen LogP contribution is -1.96. The standard InChI is InChI=1S/C16H16N4/c1-11-3-4-16-13(7-11)14(10-20(16)2)15(17)8-12-9-18-5-6-19-12/h3-10H,17H2,1-2H3/b15-8-. The third kappa shape index (κ3) is 2.16. The Labute approximate surface area is 117 Å². The zero-order valence-corrected chi connectivity index (χ0v) is 11.5. The molecule has 0 aliphatic heterocycles. The lowest BCUT2D eigenvalue weighted by atomic mass is 10.1. The van der Waals surface area contributed by atoms with E-state index >= 15 is 0 Å². The summed E-state index contributed by atoms with van der Waals surface area (Å²) in [7, 11) is 2.02. The summed E-state index contributed by atoms with van der Waals surface area (Å²) >= 11 is 0. The number of fused-ring (bicyclic) bond motifs is 1. The van der Waals surface area contributed by atoms with Gasteiger partial charge in [-0.05, 0) is 25.1 Å². The summed E-state index contributed by atoms with van der Waals surface area (Å²) in [5.41, 5.74) is 11.1. The molecule has 4 heteroatoms. The Morgan fingerprint density at radius 3 is 2.90 bits per heavy atom. The first-order chi connectivity index (χ1) is 9.65. The molecule has 0 spiro atoms. The van der Waals surface area contributed by atoms with E-state index in [0.717, 1.165) is 16.6 Å². The summed E-state index contributed by atoms with van der Waals surface area (Å²) in [5, 5.41) is 1.16. The zero-order chi connectivity index (χ0) is 14.1. The van der Waals surface area contributed by atoms with E-state index in [1.165, 1.54) is 11.1 Å². The van der Waals surface area contributed by atoms with Crippen molar-refractivity contribution in [3.8, 4) is 0 Å². The van der Waals surface area contributed by atoms with E-state index in [1.54, 1.807) is 18.6 Å². The SMILES string of the molecule is Cc1ccc2c(c1)c(/C(N)=C/c1cnccn1)cn2C. The lowest BCUT2D eigenvalue weighted by Gasteiger charge is -2.01. The molecule has 0 aliphatic carbocycles. The quantitative estimate of drug-likeness (QED) is 0.774. The number of aromatic nitrogens is 3. The maximum Gasteiger partial charge on any atom is 0.0833 e. The van der Waals surface area contributed by atoms with Crippen LogP contribution >= 0.6 is 0 Å². The van der Waals surface area contributed by atoms with Crippen LogP contribution in [-0.4, -0.2) is 14.5 Å². The summed E-state index contributed by atoms with van der Waals surface area (Å²) in [5.74, 6) is 0. The Balaban J connectivity index is 2.15. The number of benzene rings is 1. The van der Waals surface area contributed by atoms with Crippen LogP contribution in [0.3, 0.4) is 0 Å². The molecule has 0 fully saturated rings. The average Bonchev–Trinajstić information content (AvgIpc) is 2.77.